The molecule has 1 fully saturated rings. The maximum atomic E-state index is 9.89. The third kappa shape index (κ3) is 4.26. The van der Waals surface area contributed by atoms with Gasteiger partial charge in [0.25, 0.3) is 0 Å². The number of aliphatic carboxylic acids is 2. The number of carboxylic acid groups (broad SMARTS) is 2. The number of hydrogen-bond acceptors (Lipinski definition) is 3. The van der Waals surface area contributed by atoms with E-state index in [-0.39, 0.29) is 81.2 Å². The van der Waals surface area contributed by atoms with E-state index < -0.39 is 24.1 Å². The SMILES string of the molecule is O=C(O)C1OC1C(=O)O.[Ca+2].[Ca+2].[H-].[H-].[H-].[H-]. The summed E-state index contributed by atoms with van der Waals surface area (Å²) in [5, 5.41) is 16.2. The van der Waals surface area contributed by atoms with Gasteiger partial charge in [-0.25, -0.2) is 9.59 Å². The van der Waals surface area contributed by atoms with E-state index in [2.05, 4.69) is 4.74 Å². The van der Waals surface area contributed by atoms with Gasteiger partial charge in [0.05, 0.1) is 0 Å². The number of epoxide rings is 1. The summed E-state index contributed by atoms with van der Waals surface area (Å²) in [5.41, 5.74) is 0. The Kier molecular flexibility index (Phi) is 8.09. The number of hydrogen-bond donors (Lipinski definition) is 2. The van der Waals surface area contributed by atoms with Crippen LogP contribution in [0.5, 0.6) is 0 Å². The van der Waals surface area contributed by atoms with Crippen molar-refractivity contribution in [3.05, 3.63) is 0 Å². The summed E-state index contributed by atoms with van der Waals surface area (Å²) in [6.45, 7) is 0. The van der Waals surface area contributed by atoms with Crippen LogP contribution in [0.2, 0.25) is 0 Å². The molecule has 5 nitrogen and oxygen atoms in total. The molecule has 1 aliphatic heterocycles. The molecule has 2 unspecified atom stereocenters. The number of ether oxygens (including phenoxy) is 1. The van der Waals surface area contributed by atoms with Crippen molar-refractivity contribution in [2.75, 3.05) is 0 Å². The molecule has 0 amide bonds. The quantitative estimate of drug-likeness (QED) is 0.438. The van der Waals surface area contributed by atoms with Crippen LogP contribution in [0.15, 0.2) is 0 Å². The molecule has 1 saturated heterocycles. The molecular formula is C4H8Ca2O5. The Morgan fingerprint density at radius 1 is 1.09 bits per heavy atom. The normalized spacial score (nSPS) is 25.8. The summed E-state index contributed by atoms with van der Waals surface area (Å²) in [4.78, 5) is 19.8. The van der Waals surface area contributed by atoms with E-state index in [1.807, 2.05) is 0 Å². The average molecular weight is 216 g/mol. The molecule has 0 aromatic heterocycles. The first kappa shape index (κ1) is 14.9. The molecule has 1 heterocycles. The van der Waals surface area contributed by atoms with E-state index >= 15 is 0 Å². The monoisotopic (exact) mass is 216 g/mol. The molecular weight excluding hydrogens is 208 g/mol. The predicted molar refractivity (Wildman–Crippen MR) is 39.9 cm³/mol. The van der Waals surface area contributed by atoms with Gasteiger partial charge in [-0.3, -0.25) is 0 Å². The minimum Gasteiger partial charge on any atom is -1.00 e. The van der Waals surface area contributed by atoms with Crippen LogP contribution in [0.3, 0.4) is 0 Å². The van der Waals surface area contributed by atoms with Gasteiger partial charge in [-0.15, -0.1) is 0 Å². The summed E-state index contributed by atoms with van der Waals surface area (Å²) in [7, 11) is 0. The largest absolute Gasteiger partial charge is 2.00 e. The third-order valence-electron chi connectivity index (χ3n) is 0.978. The standard InChI is InChI=1S/C4H4O5.2Ca.4H/c5-3(6)1-2(9-1)4(7)8;;;;;;/h1-2H,(H,5,6)(H,7,8);;;;;;/q;2*+2;4*-1. The molecule has 58 valence electrons. The van der Waals surface area contributed by atoms with Crippen molar-refractivity contribution >= 4 is 87.4 Å². The van der Waals surface area contributed by atoms with Crippen LogP contribution in [0, 0.1) is 0 Å². The van der Waals surface area contributed by atoms with Gasteiger partial charge in [0.15, 0.2) is 12.2 Å². The Labute approximate surface area is 128 Å². The second-order valence-corrected chi connectivity index (χ2v) is 1.65. The minimum absolute atomic E-state index is 0. The molecule has 0 bridgehead atoms. The van der Waals surface area contributed by atoms with Gasteiger partial charge in [0.1, 0.15) is 0 Å². The fraction of sp³-hybridized carbons (Fsp3) is 0.500. The topological polar surface area (TPSA) is 87.1 Å². The van der Waals surface area contributed by atoms with Gasteiger partial charge < -0.3 is 20.7 Å². The number of carbonyl (C=O) groups is 2. The Bertz CT molecular complexity index is 164. The van der Waals surface area contributed by atoms with E-state index in [0.29, 0.717) is 0 Å². The Hall–Kier alpha value is 1.42. The second kappa shape index (κ2) is 5.96. The van der Waals surface area contributed by atoms with Crippen LogP contribution in [-0.4, -0.2) is 110 Å². The predicted octanol–water partition coefficient (Wildman–Crippen LogP) is -1.39. The zero-order valence-corrected chi connectivity index (χ0v) is 10.1. The Morgan fingerprint density at radius 2 is 1.36 bits per heavy atom. The van der Waals surface area contributed by atoms with Gasteiger partial charge in [0, 0.05) is 0 Å². The number of carboxylic acids is 2. The maximum absolute atomic E-state index is 9.89. The van der Waals surface area contributed by atoms with Gasteiger partial charge >= 0.3 is 87.4 Å². The van der Waals surface area contributed by atoms with Crippen molar-refractivity contribution in [1.29, 1.82) is 0 Å². The first-order valence-electron chi connectivity index (χ1n) is 2.24. The molecule has 0 spiro atoms. The first-order chi connectivity index (χ1) is 4.13. The van der Waals surface area contributed by atoms with Crippen LogP contribution >= 0.6 is 0 Å². The van der Waals surface area contributed by atoms with Gasteiger partial charge in [0.2, 0.25) is 0 Å². The molecule has 7 heteroatoms. The van der Waals surface area contributed by atoms with Crippen molar-refractivity contribution < 1.29 is 30.2 Å². The second-order valence-electron chi connectivity index (χ2n) is 1.65. The molecule has 0 saturated carbocycles. The van der Waals surface area contributed by atoms with E-state index in [1.165, 1.54) is 0 Å². The van der Waals surface area contributed by atoms with Crippen molar-refractivity contribution in [1.82, 2.24) is 0 Å². The number of rotatable bonds is 2. The molecule has 0 radical (unpaired) electrons. The molecule has 2 atom stereocenters. The Balaban J connectivity index is -0.0000000337. The first-order valence-corrected chi connectivity index (χ1v) is 2.24. The van der Waals surface area contributed by atoms with Crippen molar-refractivity contribution in [3.8, 4) is 0 Å². The summed E-state index contributed by atoms with van der Waals surface area (Å²) in [6, 6.07) is 0. The van der Waals surface area contributed by atoms with Crippen molar-refractivity contribution in [2.45, 2.75) is 12.2 Å². The maximum Gasteiger partial charge on any atom is 2.00 e. The smallest absolute Gasteiger partial charge is 1.00 e. The molecule has 0 aromatic rings. The van der Waals surface area contributed by atoms with E-state index in [9.17, 15) is 9.59 Å². The van der Waals surface area contributed by atoms with Crippen molar-refractivity contribution in [3.63, 3.8) is 0 Å². The molecule has 1 rings (SSSR count). The van der Waals surface area contributed by atoms with Crippen LogP contribution in [-0.2, 0) is 14.3 Å². The zero-order chi connectivity index (χ0) is 7.02. The summed E-state index contributed by atoms with van der Waals surface area (Å²) >= 11 is 0. The summed E-state index contributed by atoms with van der Waals surface area (Å²) < 4.78 is 4.24. The zero-order valence-electron chi connectivity index (χ0n) is 9.69. The van der Waals surface area contributed by atoms with Gasteiger partial charge in [-0.05, 0) is 0 Å². The van der Waals surface area contributed by atoms with Crippen LogP contribution in [0.1, 0.15) is 5.71 Å². The van der Waals surface area contributed by atoms with Crippen molar-refractivity contribution in [2.24, 2.45) is 0 Å². The van der Waals surface area contributed by atoms with E-state index in [1.54, 1.807) is 0 Å². The molecule has 2 N–H and O–H groups in total. The minimum atomic E-state index is -1.22. The molecule has 11 heavy (non-hydrogen) atoms. The molecule has 0 aromatic carbocycles. The van der Waals surface area contributed by atoms with Gasteiger partial charge in [-0.1, -0.05) is 0 Å². The fourth-order valence-electron chi connectivity index (χ4n) is 0.488. The third-order valence-corrected chi connectivity index (χ3v) is 0.978. The molecule has 1 aliphatic rings. The Morgan fingerprint density at radius 3 is 1.45 bits per heavy atom. The van der Waals surface area contributed by atoms with Crippen LogP contribution in [0.4, 0.5) is 0 Å². The van der Waals surface area contributed by atoms with Crippen LogP contribution in [0.25, 0.3) is 0 Å². The summed E-state index contributed by atoms with van der Waals surface area (Å²) in [5.74, 6) is -2.44. The van der Waals surface area contributed by atoms with Gasteiger partial charge in [-0.2, -0.15) is 0 Å². The average Bonchev–Trinajstić information content (AvgIpc) is 2.39. The molecule has 0 aliphatic carbocycles. The van der Waals surface area contributed by atoms with E-state index in [4.69, 9.17) is 10.2 Å². The van der Waals surface area contributed by atoms with Crippen LogP contribution < -0.4 is 0 Å². The summed E-state index contributed by atoms with van der Waals surface area (Å²) in [6.07, 6.45) is -2.25. The fourth-order valence-corrected chi connectivity index (χ4v) is 0.488. The van der Waals surface area contributed by atoms with E-state index in [0.717, 1.165) is 0 Å².